The van der Waals surface area contributed by atoms with Crippen molar-refractivity contribution in [2.45, 2.75) is 44.8 Å². The minimum atomic E-state index is -0.203. The summed E-state index contributed by atoms with van der Waals surface area (Å²) in [5, 5.41) is 9.85. The summed E-state index contributed by atoms with van der Waals surface area (Å²) in [6, 6.07) is 0.255. The zero-order valence-electron chi connectivity index (χ0n) is 11.5. The van der Waals surface area contributed by atoms with Crippen LogP contribution in [-0.2, 0) is 7.05 Å². The maximum atomic E-state index is 12.5. The van der Waals surface area contributed by atoms with E-state index in [1.165, 1.54) is 0 Å². The van der Waals surface area contributed by atoms with Gasteiger partial charge in [-0.1, -0.05) is 6.92 Å². The number of aliphatic hydroxyl groups excluding tert-OH is 1. The van der Waals surface area contributed by atoms with Crippen molar-refractivity contribution in [3.05, 3.63) is 18.2 Å². The van der Waals surface area contributed by atoms with Crippen molar-refractivity contribution >= 4 is 5.91 Å². The van der Waals surface area contributed by atoms with Crippen LogP contribution in [0.15, 0.2) is 12.5 Å². The number of amides is 1. The van der Waals surface area contributed by atoms with E-state index in [1.807, 2.05) is 11.9 Å². The molecule has 5 nitrogen and oxygen atoms in total. The summed E-state index contributed by atoms with van der Waals surface area (Å²) in [7, 11) is 1.87. The first-order valence-electron chi connectivity index (χ1n) is 6.96. The molecule has 0 unspecified atom stereocenters. The van der Waals surface area contributed by atoms with Crippen molar-refractivity contribution in [1.82, 2.24) is 14.5 Å². The number of rotatable bonds is 1. The molecule has 0 radical (unpaired) electrons. The van der Waals surface area contributed by atoms with Crippen LogP contribution >= 0.6 is 0 Å². The molecule has 0 spiro atoms. The van der Waals surface area contributed by atoms with Crippen molar-refractivity contribution in [3.8, 4) is 0 Å². The Morgan fingerprint density at radius 1 is 1.53 bits per heavy atom. The second-order valence-electron chi connectivity index (χ2n) is 6.28. The molecule has 1 aromatic rings. The zero-order chi connectivity index (χ0) is 13.6. The Bertz CT molecular complexity index is 499. The van der Waals surface area contributed by atoms with Crippen LogP contribution in [0.2, 0.25) is 0 Å². The first-order valence-corrected chi connectivity index (χ1v) is 6.96. The monoisotopic (exact) mass is 263 g/mol. The second kappa shape index (κ2) is 4.34. The number of fused-ring (bicyclic) bond motifs is 1. The molecule has 1 aromatic heterocycles. The van der Waals surface area contributed by atoms with E-state index in [0.717, 1.165) is 32.2 Å². The summed E-state index contributed by atoms with van der Waals surface area (Å²) in [6.07, 6.45) is 6.72. The lowest BCUT2D eigenvalue weighted by molar-refractivity contribution is 0.0209. The fraction of sp³-hybridized carbons (Fsp3) is 0.714. The van der Waals surface area contributed by atoms with Gasteiger partial charge in [0.25, 0.3) is 5.91 Å². The average molecular weight is 263 g/mol. The van der Waals surface area contributed by atoms with Crippen LogP contribution in [0.25, 0.3) is 0 Å². The van der Waals surface area contributed by atoms with Gasteiger partial charge in [-0.3, -0.25) is 4.79 Å². The normalized spacial score (nSPS) is 34.4. The number of aromatic nitrogens is 2. The smallest absolute Gasteiger partial charge is 0.274 e. The highest BCUT2D eigenvalue weighted by Crippen LogP contribution is 2.46. The predicted octanol–water partition coefficient (Wildman–Crippen LogP) is 1.19. The number of likely N-dealkylation sites (tertiary alicyclic amines) is 1. The largest absolute Gasteiger partial charge is 0.393 e. The predicted molar refractivity (Wildman–Crippen MR) is 70.6 cm³/mol. The molecule has 3 rings (SSSR count). The molecule has 19 heavy (non-hydrogen) atoms. The topological polar surface area (TPSA) is 58.4 Å². The molecule has 1 N–H and O–H groups in total. The maximum absolute atomic E-state index is 12.5. The number of nitrogens with zero attached hydrogens (tertiary/aromatic N) is 3. The quantitative estimate of drug-likeness (QED) is 0.828. The third-order valence-electron chi connectivity index (χ3n) is 4.76. The van der Waals surface area contributed by atoms with Gasteiger partial charge in [0.05, 0.1) is 12.4 Å². The van der Waals surface area contributed by atoms with E-state index in [-0.39, 0.29) is 23.5 Å². The number of hydrogen-bond donors (Lipinski definition) is 1. The molecule has 0 bridgehead atoms. The zero-order valence-corrected chi connectivity index (χ0v) is 11.5. The Morgan fingerprint density at radius 2 is 2.32 bits per heavy atom. The van der Waals surface area contributed by atoms with E-state index in [4.69, 9.17) is 0 Å². The number of imidazole rings is 1. The summed E-state index contributed by atoms with van der Waals surface area (Å²) >= 11 is 0. The van der Waals surface area contributed by atoms with Crippen molar-refractivity contribution in [3.63, 3.8) is 0 Å². The van der Waals surface area contributed by atoms with Gasteiger partial charge in [-0.2, -0.15) is 0 Å². The van der Waals surface area contributed by atoms with Gasteiger partial charge in [0, 0.05) is 25.8 Å². The Hall–Kier alpha value is -1.36. The van der Waals surface area contributed by atoms with Gasteiger partial charge < -0.3 is 14.6 Å². The van der Waals surface area contributed by atoms with Crippen LogP contribution in [0, 0.1) is 5.41 Å². The number of aliphatic hydroxyl groups is 1. The van der Waals surface area contributed by atoms with Crippen LogP contribution in [-0.4, -0.2) is 44.2 Å². The summed E-state index contributed by atoms with van der Waals surface area (Å²) in [6.45, 7) is 2.98. The summed E-state index contributed by atoms with van der Waals surface area (Å²) in [4.78, 5) is 18.7. The molecule has 2 aliphatic rings. The highest BCUT2D eigenvalue weighted by Gasteiger charge is 2.49. The molecular formula is C14H21N3O2. The fourth-order valence-corrected chi connectivity index (χ4v) is 3.72. The van der Waals surface area contributed by atoms with E-state index in [2.05, 4.69) is 11.9 Å². The van der Waals surface area contributed by atoms with Crippen molar-refractivity contribution in [2.24, 2.45) is 12.5 Å². The van der Waals surface area contributed by atoms with E-state index < -0.39 is 0 Å². The fourth-order valence-electron chi connectivity index (χ4n) is 3.72. The Labute approximate surface area is 113 Å². The maximum Gasteiger partial charge on any atom is 0.274 e. The number of carbonyl (C=O) groups is 1. The highest BCUT2D eigenvalue weighted by atomic mass is 16.3. The lowest BCUT2D eigenvalue weighted by Crippen LogP contribution is -2.46. The van der Waals surface area contributed by atoms with Gasteiger partial charge in [-0.05, 0) is 31.1 Å². The van der Waals surface area contributed by atoms with Gasteiger partial charge >= 0.3 is 0 Å². The molecule has 5 heteroatoms. The van der Waals surface area contributed by atoms with Crippen molar-refractivity contribution in [2.75, 3.05) is 6.54 Å². The van der Waals surface area contributed by atoms with Gasteiger partial charge in [0.1, 0.15) is 5.69 Å². The van der Waals surface area contributed by atoms with Crippen LogP contribution in [0.5, 0.6) is 0 Å². The highest BCUT2D eigenvalue weighted by molar-refractivity contribution is 5.92. The molecule has 1 aliphatic heterocycles. The van der Waals surface area contributed by atoms with Crippen LogP contribution in [0.3, 0.4) is 0 Å². The molecule has 2 heterocycles. The van der Waals surface area contributed by atoms with Crippen LogP contribution < -0.4 is 0 Å². The van der Waals surface area contributed by atoms with Gasteiger partial charge in [0.2, 0.25) is 0 Å². The minimum absolute atomic E-state index is 0.0331. The third kappa shape index (κ3) is 2.06. The van der Waals surface area contributed by atoms with Gasteiger partial charge in [-0.25, -0.2) is 4.98 Å². The standard InChI is InChI=1S/C14H21N3O2/c1-14-5-6-17(12(14)4-3-10(18)7-14)13(19)11-8-16(2)9-15-11/h8-10,12,18H,3-7H2,1-2H3/t10-,12-,14+/m1/s1. The first kappa shape index (κ1) is 12.7. The van der Waals surface area contributed by atoms with Gasteiger partial charge in [-0.15, -0.1) is 0 Å². The summed E-state index contributed by atoms with van der Waals surface area (Å²) < 4.78 is 1.80. The number of hydrogen-bond acceptors (Lipinski definition) is 3. The van der Waals surface area contributed by atoms with E-state index >= 15 is 0 Å². The SMILES string of the molecule is Cn1cnc(C(=O)N2CC[C@@]3(C)C[C@H](O)CC[C@@H]23)c1. The van der Waals surface area contributed by atoms with E-state index in [0.29, 0.717) is 5.69 Å². The molecule has 1 saturated carbocycles. The summed E-state index contributed by atoms with van der Waals surface area (Å²) in [5.41, 5.74) is 0.597. The molecule has 0 aromatic carbocycles. The Kier molecular flexibility index (Phi) is 2.89. The van der Waals surface area contributed by atoms with Crippen LogP contribution in [0.1, 0.15) is 43.1 Å². The molecular weight excluding hydrogens is 242 g/mol. The number of carbonyl (C=O) groups excluding carboxylic acids is 1. The van der Waals surface area contributed by atoms with Crippen LogP contribution in [0.4, 0.5) is 0 Å². The lowest BCUT2D eigenvalue weighted by Gasteiger charge is -2.41. The molecule has 1 aliphatic carbocycles. The number of aryl methyl sites for hydroxylation is 1. The summed E-state index contributed by atoms with van der Waals surface area (Å²) in [5.74, 6) is 0.0331. The Morgan fingerprint density at radius 3 is 3.00 bits per heavy atom. The van der Waals surface area contributed by atoms with Crippen molar-refractivity contribution < 1.29 is 9.90 Å². The molecule has 3 atom stereocenters. The first-order chi connectivity index (χ1) is 8.99. The molecule has 1 saturated heterocycles. The molecule has 2 fully saturated rings. The third-order valence-corrected chi connectivity index (χ3v) is 4.76. The second-order valence-corrected chi connectivity index (χ2v) is 6.28. The van der Waals surface area contributed by atoms with Gasteiger partial charge in [0.15, 0.2) is 0 Å². The average Bonchev–Trinajstić information content (AvgIpc) is 2.91. The molecule has 104 valence electrons. The van der Waals surface area contributed by atoms with E-state index in [1.54, 1.807) is 17.1 Å². The van der Waals surface area contributed by atoms with E-state index in [9.17, 15) is 9.90 Å². The minimum Gasteiger partial charge on any atom is -0.393 e. The lowest BCUT2D eigenvalue weighted by atomic mass is 9.71. The van der Waals surface area contributed by atoms with Crippen molar-refractivity contribution in [1.29, 1.82) is 0 Å². The Balaban J connectivity index is 1.81. The molecule has 1 amide bonds.